The number of hydroxylamine groups is 1. The van der Waals surface area contributed by atoms with E-state index in [1.165, 1.54) is 23.4 Å². The van der Waals surface area contributed by atoms with Crippen molar-refractivity contribution >= 4 is 23.2 Å². The Labute approximate surface area is 136 Å². The maximum Gasteiger partial charge on any atom is 0.142 e. The molecule has 0 aromatic carbocycles. The van der Waals surface area contributed by atoms with Gasteiger partial charge in [-0.3, -0.25) is 4.98 Å². The van der Waals surface area contributed by atoms with Crippen molar-refractivity contribution in [3.63, 3.8) is 0 Å². The van der Waals surface area contributed by atoms with Gasteiger partial charge in [-0.15, -0.1) is 0 Å². The van der Waals surface area contributed by atoms with Gasteiger partial charge in [0.25, 0.3) is 0 Å². The first-order valence-electron chi connectivity index (χ1n) is 7.18. The number of rotatable bonds is 3. The van der Waals surface area contributed by atoms with Crippen molar-refractivity contribution in [3.8, 4) is 0 Å². The van der Waals surface area contributed by atoms with Crippen molar-refractivity contribution in [2.75, 3.05) is 7.11 Å². The Bertz CT molecular complexity index is 555. The summed E-state index contributed by atoms with van der Waals surface area (Å²) in [5, 5.41) is 1.55. The quantitative estimate of drug-likeness (QED) is 0.862. The van der Waals surface area contributed by atoms with Gasteiger partial charge in [0.1, 0.15) is 5.70 Å². The predicted octanol–water partition coefficient (Wildman–Crippen LogP) is 3.53. The van der Waals surface area contributed by atoms with Crippen molar-refractivity contribution < 1.29 is 10.3 Å². The number of hydrogen-bond acceptors (Lipinski definition) is 2. The fraction of sp³-hybridized carbons (Fsp3) is 0.438. The lowest BCUT2D eigenvalue weighted by molar-refractivity contribution is -0.856. The molecule has 1 heterocycles. The van der Waals surface area contributed by atoms with Crippen molar-refractivity contribution in [1.29, 1.82) is 0 Å². The highest BCUT2D eigenvalue weighted by molar-refractivity contribution is 6.31. The maximum absolute atomic E-state index is 5.93. The smallest absolute Gasteiger partial charge is 0.142 e. The van der Waals surface area contributed by atoms with E-state index >= 15 is 0 Å². The normalized spacial score (nSPS) is 16.5. The zero-order valence-corrected chi connectivity index (χ0v) is 13.8. The number of pyridine rings is 1. The average molecular weight is 328 g/mol. The van der Waals surface area contributed by atoms with Gasteiger partial charge in [-0.1, -0.05) is 29.8 Å². The first-order chi connectivity index (χ1) is 10.1. The molecule has 0 unspecified atom stereocenters. The number of hydrogen-bond donors (Lipinski definition) is 1. The molecule has 2 aliphatic rings. The summed E-state index contributed by atoms with van der Waals surface area (Å²) in [6, 6.07) is 1.87. The Morgan fingerprint density at radius 2 is 2.05 bits per heavy atom. The first-order valence-corrected chi connectivity index (χ1v) is 7.94. The van der Waals surface area contributed by atoms with Crippen molar-refractivity contribution in [1.82, 2.24) is 4.98 Å². The van der Waals surface area contributed by atoms with Crippen LogP contribution in [-0.4, -0.2) is 12.1 Å². The molecule has 114 valence electrons. The summed E-state index contributed by atoms with van der Waals surface area (Å²) in [7, 11) is 1.65. The number of aryl methyl sites for hydroxylation is 1. The van der Waals surface area contributed by atoms with Gasteiger partial charge in [0.05, 0.1) is 7.11 Å². The van der Waals surface area contributed by atoms with Gasteiger partial charge >= 0.3 is 0 Å². The van der Waals surface area contributed by atoms with Crippen LogP contribution in [0.25, 0.3) is 0 Å². The van der Waals surface area contributed by atoms with E-state index in [2.05, 4.69) is 11.6 Å². The monoisotopic (exact) mass is 327 g/mol. The maximum atomic E-state index is 5.93. The lowest BCUT2D eigenvalue weighted by atomic mass is 10.2. The average Bonchev–Trinajstić information content (AvgIpc) is 3.09. The Morgan fingerprint density at radius 1 is 1.29 bits per heavy atom. The van der Waals surface area contributed by atoms with E-state index in [1.807, 2.05) is 6.07 Å². The second-order valence-corrected chi connectivity index (χ2v) is 6.05. The van der Waals surface area contributed by atoms with E-state index in [4.69, 9.17) is 28.0 Å². The van der Waals surface area contributed by atoms with Crippen LogP contribution in [0.5, 0.6) is 0 Å². The molecule has 0 spiro atoms. The van der Waals surface area contributed by atoms with E-state index in [9.17, 15) is 0 Å². The van der Waals surface area contributed by atoms with Gasteiger partial charge in [0.2, 0.25) is 0 Å². The molecule has 0 aliphatic heterocycles. The van der Waals surface area contributed by atoms with Gasteiger partial charge in [0, 0.05) is 33.9 Å². The third-order valence-corrected chi connectivity index (χ3v) is 4.36. The molecule has 2 aliphatic carbocycles. The summed E-state index contributed by atoms with van der Waals surface area (Å²) in [5.41, 5.74) is 6.59. The molecule has 1 aromatic heterocycles. The molecule has 0 amide bonds. The number of aromatic nitrogens is 1. The van der Waals surface area contributed by atoms with E-state index in [0.717, 1.165) is 42.7 Å². The summed E-state index contributed by atoms with van der Waals surface area (Å²) in [4.78, 5) is 9.16. The number of allylic oxidation sites excluding steroid dienone is 3. The van der Waals surface area contributed by atoms with Crippen molar-refractivity contribution in [2.45, 2.75) is 38.5 Å². The molecule has 0 bridgehead atoms. The molecule has 0 atom stereocenters. The molecule has 0 fully saturated rings. The van der Waals surface area contributed by atoms with Crippen molar-refractivity contribution in [3.05, 3.63) is 51.4 Å². The van der Waals surface area contributed by atoms with Crippen molar-refractivity contribution in [2.24, 2.45) is 0 Å². The minimum Gasteiger partial charge on any atom is -0.261 e. The second kappa shape index (κ2) is 7.95. The molecule has 0 saturated heterocycles. The molecule has 1 aromatic rings. The largest absolute Gasteiger partial charge is 0.261 e. The Kier molecular flexibility index (Phi) is 6.24. The highest BCUT2D eigenvalue weighted by Crippen LogP contribution is 2.28. The van der Waals surface area contributed by atoms with Crippen LogP contribution in [0, 0.1) is 0 Å². The number of halogens is 2. The van der Waals surface area contributed by atoms with Gasteiger partial charge < -0.3 is 0 Å². The lowest BCUT2D eigenvalue weighted by Crippen LogP contribution is -2.80. The van der Waals surface area contributed by atoms with Crippen LogP contribution in [0.4, 0.5) is 0 Å². The van der Waals surface area contributed by atoms with Gasteiger partial charge in [-0.25, -0.2) is 4.84 Å². The minimum atomic E-state index is 0.658. The van der Waals surface area contributed by atoms with Gasteiger partial charge in [0.15, 0.2) is 0 Å². The molecule has 2 N–H and O–H groups in total. The molecule has 5 heteroatoms. The third kappa shape index (κ3) is 4.30. The van der Waals surface area contributed by atoms with Crippen LogP contribution in [0.1, 0.15) is 36.9 Å². The molecule has 0 saturated carbocycles. The van der Waals surface area contributed by atoms with Gasteiger partial charge in [-0.2, -0.15) is 5.48 Å². The molecule has 21 heavy (non-hydrogen) atoms. The number of nitrogens with two attached hydrogens (primary N) is 1. The predicted molar refractivity (Wildman–Crippen MR) is 86.1 cm³/mol. The minimum absolute atomic E-state index is 0.658. The highest BCUT2D eigenvalue weighted by Gasteiger charge is 2.19. The van der Waals surface area contributed by atoms with Crippen LogP contribution in [0.2, 0.25) is 5.02 Å². The highest BCUT2D eigenvalue weighted by atomic mass is 35.5. The SMILES string of the molecule is C=C(Cl)C1=C([NH2+]OC)CCC1.Clc1ccnc2c1CCC2. The van der Waals surface area contributed by atoms with Crippen LogP contribution < -0.4 is 5.48 Å². The van der Waals surface area contributed by atoms with E-state index in [0.29, 0.717) is 5.03 Å². The molecular formula is C16H21Cl2N2O+. The lowest BCUT2D eigenvalue weighted by Gasteiger charge is -1.99. The van der Waals surface area contributed by atoms with E-state index in [-0.39, 0.29) is 0 Å². The Hall–Kier alpha value is -0.870. The molecular weight excluding hydrogens is 307 g/mol. The van der Waals surface area contributed by atoms with E-state index in [1.54, 1.807) is 18.8 Å². The van der Waals surface area contributed by atoms with Crippen LogP contribution >= 0.6 is 23.2 Å². The fourth-order valence-corrected chi connectivity index (χ4v) is 3.25. The summed E-state index contributed by atoms with van der Waals surface area (Å²) in [6.07, 6.45) is 8.49. The number of nitrogens with zero attached hydrogens (tertiary/aromatic N) is 1. The van der Waals surface area contributed by atoms with E-state index < -0.39 is 0 Å². The topological polar surface area (TPSA) is 38.7 Å². The summed E-state index contributed by atoms with van der Waals surface area (Å²) < 4.78 is 0. The number of quaternary nitrogens is 1. The summed E-state index contributed by atoms with van der Waals surface area (Å²) in [5.74, 6) is 0. The second-order valence-electron chi connectivity index (χ2n) is 5.19. The molecule has 3 nitrogen and oxygen atoms in total. The zero-order valence-electron chi connectivity index (χ0n) is 12.3. The molecule has 3 rings (SSSR count). The van der Waals surface area contributed by atoms with Crippen LogP contribution in [-0.2, 0) is 17.7 Å². The standard InChI is InChI=1S/C8H12ClNO.C8H8ClN/c1-6(9)7-4-3-5-8(7)10-11-2;9-7-4-5-10-8-3-1-2-6(7)8/h10H,1,3-5H2,2H3;4-5H,1-3H2/p+1. The van der Waals surface area contributed by atoms with Gasteiger partial charge in [-0.05, 0) is 43.7 Å². The van der Waals surface area contributed by atoms with Crippen LogP contribution in [0.3, 0.4) is 0 Å². The Balaban J connectivity index is 0.000000154. The summed E-state index contributed by atoms with van der Waals surface area (Å²) in [6.45, 7) is 3.70. The number of fused-ring (bicyclic) bond motifs is 1. The Morgan fingerprint density at radius 3 is 2.71 bits per heavy atom. The fourth-order valence-electron chi connectivity index (χ4n) is 2.77. The zero-order chi connectivity index (χ0) is 15.2. The molecule has 0 radical (unpaired) electrons. The third-order valence-electron chi connectivity index (χ3n) is 3.78. The summed E-state index contributed by atoms with van der Waals surface area (Å²) >= 11 is 11.7. The first kappa shape index (κ1) is 16.5. The van der Waals surface area contributed by atoms with Crippen LogP contribution in [0.15, 0.2) is 35.1 Å².